The van der Waals surface area contributed by atoms with Crippen LogP contribution in [0.3, 0.4) is 0 Å². The van der Waals surface area contributed by atoms with Crippen molar-refractivity contribution < 1.29 is 13.2 Å². The lowest BCUT2D eigenvalue weighted by Gasteiger charge is -2.16. The molecule has 0 aliphatic rings. The highest BCUT2D eigenvalue weighted by molar-refractivity contribution is 7.88. The largest absolute Gasteiger partial charge is 0.389 e. The van der Waals surface area contributed by atoms with Gasteiger partial charge >= 0.3 is 0 Å². The summed E-state index contributed by atoms with van der Waals surface area (Å²) in [6, 6.07) is 6.71. The molecule has 0 unspecified atom stereocenters. The maximum Gasteiger partial charge on any atom is 0.235 e. The molecule has 1 amide bonds. The lowest BCUT2D eigenvalue weighted by Crippen LogP contribution is -2.37. The quantitative estimate of drug-likeness (QED) is 0.711. The Morgan fingerprint density at radius 3 is 2.65 bits per heavy atom. The van der Waals surface area contributed by atoms with E-state index in [1.54, 1.807) is 24.3 Å². The zero-order chi connectivity index (χ0) is 15.3. The number of carbonyl (C=O) groups is 1. The molecule has 0 aromatic heterocycles. The van der Waals surface area contributed by atoms with Gasteiger partial charge in [0.2, 0.25) is 15.9 Å². The van der Waals surface area contributed by atoms with Crippen molar-refractivity contribution in [3.63, 3.8) is 0 Å². The van der Waals surface area contributed by atoms with E-state index >= 15 is 0 Å². The normalized spacial score (nSPS) is 11.3. The molecule has 0 atom stereocenters. The zero-order valence-corrected chi connectivity index (χ0v) is 12.9. The molecule has 0 aliphatic heterocycles. The van der Waals surface area contributed by atoms with Gasteiger partial charge in [0.1, 0.15) is 4.99 Å². The van der Waals surface area contributed by atoms with E-state index in [4.69, 9.17) is 18.0 Å². The number of nitrogens with one attached hydrogen (secondary N) is 1. The van der Waals surface area contributed by atoms with Crippen LogP contribution in [-0.2, 0) is 20.6 Å². The first kappa shape index (κ1) is 16.5. The van der Waals surface area contributed by atoms with Crippen LogP contribution in [0.2, 0.25) is 0 Å². The first-order valence-corrected chi connectivity index (χ1v) is 7.81. The second-order valence-corrected chi connectivity index (χ2v) is 6.77. The van der Waals surface area contributed by atoms with Crippen molar-refractivity contribution >= 4 is 33.1 Å². The molecule has 1 rings (SSSR count). The van der Waals surface area contributed by atoms with E-state index < -0.39 is 10.0 Å². The molecular weight excluding hydrogens is 298 g/mol. The molecule has 0 heterocycles. The molecule has 3 N–H and O–H groups in total. The third kappa shape index (κ3) is 4.55. The summed E-state index contributed by atoms with van der Waals surface area (Å²) >= 11 is 4.85. The van der Waals surface area contributed by atoms with Gasteiger partial charge in [-0.25, -0.2) is 8.42 Å². The molecule has 0 saturated carbocycles. The van der Waals surface area contributed by atoms with Gasteiger partial charge in [0.15, 0.2) is 0 Å². The van der Waals surface area contributed by atoms with Crippen molar-refractivity contribution in [1.29, 1.82) is 0 Å². The summed E-state index contributed by atoms with van der Waals surface area (Å²) in [6.45, 7) is -0.214. The average molecular weight is 315 g/mol. The Morgan fingerprint density at radius 1 is 1.45 bits per heavy atom. The monoisotopic (exact) mass is 315 g/mol. The van der Waals surface area contributed by atoms with Crippen LogP contribution >= 0.6 is 12.2 Å². The van der Waals surface area contributed by atoms with Crippen molar-refractivity contribution in [2.75, 3.05) is 20.6 Å². The van der Waals surface area contributed by atoms with Gasteiger partial charge in [0.05, 0.1) is 12.3 Å². The number of nitrogens with zero attached hydrogens (tertiary/aromatic N) is 1. The van der Waals surface area contributed by atoms with Crippen LogP contribution in [0.5, 0.6) is 0 Å². The number of amides is 1. The Balaban J connectivity index is 2.88. The Hall–Kier alpha value is -1.51. The zero-order valence-electron chi connectivity index (χ0n) is 11.3. The molecule has 1 aromatic rings. The molecule has 0 fully saturated rings. The van der Waals surface area contributed by atoms with Crippen LogP contribution in [0.15, 0.2) is 24.3 Å². The van der Waals surface area contributed by atoms with Gasteiger partial charge in [-0.15, -0.1) is 0 Å². The fraction of sp³-hybridized carbons (Fsp3) is 0.333. The molecule has 110 valence electrons. The van der Waals surface area contributed by atoms with Crippen molar-refractivity contribution in [3.8, 4) is 0 Å². The Labute approximate surface area is 124 Å². The van der Waals surface area contributed by atoms with Crippen LogP contribution in [0, 0.1) is 0 Å². The molecule has 6 nitrogen and oxygen atoms in total. The lowest BCUT2D eigenvalue weighted by atomic mass is 10.1. The number of hydrogen-bond acceptors (Lipinski definition) is 4. The molecule has 8 heteroatoms. The lowest BCUT2D eigenvalue weighted by molar-refractivity contribution is -0.120. The maximum atomic E-state index is 12.1. The highest BCUT2D eigenvalue weighted by Crippen LogP contribution is 2.11. The molecule has 0 radical (unpaired) electrons. The van der Waals surface area contributed by atoms with Crippen molar-refractivity contribution in [2.45, 2.75) is 5.75 Å². The molecule has 0 aliphatic carbocycles. The SMILES string of the molecule is CNC(=O)CN(C)S(=O)(=O)Cc1cccc(C(N)=S)c1. The number of rotatable bonds is 6. The summed E-state index contributed by atoms with van der Waals surface area (Å²) in [5.74, 6) is -0.579. The van der Waals surface area contributed by atoms with Gasteiger partial charge in [0, 0.05) is 19.7 Å². The summed E-state index contributed by atoms with van der Waals surface area (Å²) in [5.41, 5.74) is 6.69. The van der Waals surface area contributed by atoms with Crippen LogP contribution in [-0.4, -0.2) is 44.3 Å². The summed E-state index contributed by atoms with van der Waals surface area (Å²) in [6.07, 6.45) is 0. The highest BCUT2D eigenvalue weighted by atomic mass is 32.2. The van der Waals surface area contributed by atoms with Gasteiger partial charge in [0.25, 0.3) is 0 Å². The third-order valence-electron chi connectivity index (χ3n) is 2.68. The minimum Gasteiger partial charge on any atom is -0.389 e. The van der Waals surface area contributed by atoms with Crippen LogP contribution < -0.4 is 11.1 Å². The van der Waals surface area contributed by atoms with E-state index in [2.05, 4.69) is 5.32 Å². The predicted molar refractivity (Wildman–Crippen MR) is 81.6 cm³/mol. The average Bonchev–Trinajstić information content (AvgIpc) is 2.38. The van der Waals surface area contributed by atoms with E-state index in [0.717, 1.165) is 4.31 Å². The second kappa shape index (κ2) is 6.78. The topological polar surface area (TPSA) is 92.5 Å². The molecule has 0 saturated heterocycles. The molecular formula is C12H17N3O3S2. The standard InChI is InChI=1S/C12H17N3O3S2/c1-14-11(16)7-15(2)20(17,18)8-9-4-3-5-10(6-9)12(13)19/h3-6H,7-8H2,1-2H3,(H2,13,19)(H,14,16). The number of sulfonamides is 1. The minimum atomic E-state index is -3.57. The third-order valence-corrected chi connectivity index (χ3v) is 4.69. The first-order valence-electron chi connectivity index (χ1n) is 5.79. The fourth-order valence-corrected chi connectivity index (χ4v) is 2.78. The van der Waals surface area contributed by atoms with Crippen LogP contribution in [0.1, 0.15) is 11.1 Å². The second-order valence-electron chi connectivity index (χ2n) is 4.25. The van der Waals surface area contributed by atoms with Gasteiger partial charge in [-0.2, -0.15) is 4.31 Å². The Kier molecular flexibility index (Phi) is 5.61. The first-order chi connectivity index (χ1) is 9.26. The molecule has 0 bridgehead atoms. The number of carbonyl (C=O) groups excluding carboxylic acids is 1. The Morgan fingerprint density at radius 2 is 2.10 bits per heavy atom. The van der Waals surface area contributed by atoms with Gasteiger partial charge < -0.3 is 11.1 Å². The van der Waals surface area contributed by atoms with E-state index in [9.17, 15) is 13.2 Å². The van der Waals surface area contributed by atoms with Crippen LogP contribution in [0.25, 0.3) is 0 Å². The van der Waals surface area contributed by atoms with Gasteiger partial charge in [-0.3, -0.25) is 4.79 Å². The number of hydrogen-bond donors (Lipinski definition) is 2. The number of likely N-dealkylation sites (N-methyl/N-ethyl adjacent to an activating group) is 2. The van der Waals surface area contributed by atoms with Crippen molar-refractivity contribution in [1.82, 2.24) is 9.62 Å². The minimum absolute atomic E-state index is 0.211. The fourth-order valence-electron chi connectivity index (χ4n) is 1.51. The molecule has 0 spiro atoms. The maximum absolute atomic E-state index is 12.1. The molecule has 1 aromatic carbocycles. The van der Waals surface area contributed by atoms with E-state index in [1.165, 1.54) is 14.1 Å². The predicted octanol–water partition coefficient (Wildman–Crippen LogP) is -0.172. The molecule has 20 heavy (non-hydrogen) atoms. The number of benzene rings is 1. The van der Waals surface area contributed by atoms with E-state index in [-0.39, 0.29) is 23.2 Å². The summed E-state index contributed by atoms with van der Waals surface area (Å²) in [4.78, 5) is 11.4. The highest BCUT2D eigenvalue weighted by Gasteiger charge is 2.20. The van der Waals surface area contributed by atoms with Crippen molar-refractivity contribution in [3.05, 3.63) is 35.4 Å². The van der Waals surface area contributed by atoms with E-state index in [0.29, 0.717) is 11.1 Å². The number of thiocarbonyl (C=S) groups is 1. The van der Waals surface area contributed by atoms with Gasteiger partial charge in [-0.1, -0.05) is 30.4 Å². The summed E-state index contributed by atoms with van der Waals surface area (Å²) in [7, 11) is -0.757. The van der Waals surface area contributed by atoms with Crippen molar-refractivity contribution in [2.24, 2.45) is 5.73 Å². The number of nitrogens with two attached hydrogens (primary N) is 1. The summed E-state index contributed by atoms with van der Waals surface area (Å²) in [5, 5.41) is 2.38. The Bertz CT molecular complexity index is 614. The van der Waals surface area contributed by atoms with Gasteiger partial charge in [-0.05, 0) is 11.6 Å². The van der Waals surface area contributed by atoms with E-state index in [1.807, 2.05) is 0 Å². The van der Waals surface area contributed by atoms with Crippen LogP contribution in [0.4, 0.5) is 0 Å². The smallest absolute Gasteiger partial charge is 0.235 e. The summed E-state index contributed by atoms with van der Waals surface area (Å²) < 4.78 is 25.2.